The van der Waals surface area contributed by atoms with E-state index in [9.17, 15) is 0 Å². The monoisotopic (exact) mass is 148 g/mol. The Labute approximate surface area is 66.3 Å². The van der Waals surface area contributed by atoms with Crippen LogP contribution in [-0.4, -0.2) is 4.98 Å². The molecule has 0 amide bonds. The molecule has 0 spiro atoms. The van der Waals surface area contributed by atoms with Gasteiger partial charge in [-0.3, -0.25) is 0 Å². The molecule has 0 aliphatic rings. The van der Waals surface area contributed by atoms with Gasteiger partial charge in [-0.05, 0) is 6.92 Å². The van der Waals surface area contributed by atoms with Crippen LogP contribution in [-0.2, 0) is 6.42 Å². The van der Waals surface area contributed by atoms with Gasteiger partial charge in [-0.2, -0.15) is 0 Å². The van der Waals surface area contributed by atoms with E-state index in [1.165, 1.54) is 0 Å². The summed E-state index contributed by atoms with van der Waals surface area (Å²) in [6, 6.07) is 0. The number of aromatic nitrogens is 1. The van der Waals surface area contributed by atoms with Gasteiger partial charge < -0.3 is 4.42 Å². The van der Waals surface area contributed by atoms with Crippen LogP contribution in [0.25, 0.3) is 0 Å². The second-order valence-electron chi connectivity index (χ2n) is 1.99. The zero-order valence-corrected chi connectivity index (χ0v) is 6.23. The first kappa shape index (κ1) is 7.79. The Morgan fingerprint density at radius 1 is 1.55 bits per heavy atom. The first-order chi connectivity index (χ1) is 5.43. The van der Waals surface area contributed by atoms with Crippen molar-refractivity contribution in [3.05, 3.63) is 49.6 Å². The van der Waals surface area contributed by atoms with Gasteiger partial charge in [0.2, 0.25) is 0 Å². The highest BCUT2D eigenvalue weighted by Gasteiger charge is 1.89. The van der Waals surface area contributed by atoms with E-state index in [1.54, 1.807) is 18.5 Å². The van der Waals surface area contributed by atoms with Crippen LogP contribution in [0.1, 0.15) is 5.89 Å². The molecule has 1 heterocycles. The molecule has 0 N–H and O–H groups in total. The van der Waals surface area contributed by atoms with Gasteiger partial charge in [-0.15, -0.1) is 0 Å². The highest BCUT2D eigenvalue weighted by Crippen LogP contribution is 1.95. The van der Waals surface area contributed by atoms with E-state index in [-0.39, 0.29) is 0 Å². The standard InChI is InChI=1S/C9H10NO/c1-2-3-4-5-6-9-10-7-8-11-9/h2-5,7-8H,1,6H2/b3-2+,5-4+. The van der Waals surface area contributed by atoms with E-state index in [4.69, 9.17) is 4.42 Å². The maximum atomic E-state index is 5.01. The van der Waals surface area contributed by atoms with Gasteiger partial charge in [-0.25, -0.2) is 4.98 Å². The van der Waals surface area contributed by atoms with Gasteiger partial charge in [0.15, 0.2) is 5.89 Å². The second-order valence-corrected chi connectivity index (χ2v) is 1.99. The van der Waals surface area contributed by atoms with Crippen molar-refractivity contribution in [3.8, 4) is 0 Å². The minimum atomic E-state index is 0.733. The molecule has 2 nitrogen and oxygen atoms in total. The summed E-state index contributed by atoms with van der Waals surface area (Å²) in [7, 11) is 0. The fourth-order valence-electron chi connectivity index (χ4n) is 0.680. The van der Waals surface area contributed by atoms with Gasteiger partial charge in [0.1, 0.15) is 6.26 Å². The average Bonchev–Trinajstić information content (AvgIpc) is 2.50. The number of hydrogen-bond donors (Lipinski definition) is 0. The molecular weight excluding hydrogens is 138 g/mol. The molecule has 1 aromatic heterocycles. The first-order valence-electron chi connectivity index (χ1n) is 3.43. The molecule has 1 radical (unpaired) electrons. The summed E-state index contributed by atoms with van der Waals surface area (Å²) in [4.78, 5) is 3.96. The van der Waals surface area contributed by atoms with Crippen molar-refractivity contribution in [1.82, 2.24) is 4.98 Å². The number of oxazole rings is 1. The fourth-order valence-corrected chi connectivity index (χ4v) is 0.680. The molecule has 0 saturated carbocycles. The van der Waals surface area contributed by atoms with Crippen LogP contribution < -0.4 is 0 Å². The summed E-state index contributed by atoms with van der Waals surface area (Å²) in [5.41, 5.74) is 0. The molecule has 0 aromatic carbocycles. The third-order valence-corrected chi connectivity index (χ3v) is 1.16. The summed E-state index contributed by atoms with van der Waals surface area (Å²) < 4.78 is 5.01. The van der Waals surface area contributed by atoms with Gasteiger partial charge in [0, 0.05) is 6.42 Å². The summed E-state index contributed by atoms with van der Waals surface area (Å²) >= 11 is 0. The zero-order valence-electron chi connectivity index (χ0n) is 6.23. The molecule has 0 atom stereocenters. The Bertz CT molecular complexity index is 234. The summed E-state index contributed by atoms with van der Waals surface area (Å²) in [5, 5.41) is 0. The van der Waals surface area contributed by atoms with Gasteiger partial charge >= 0.3 is 0 Å². The quantitative estimate of drug-likeness (QED) is 0.614. The average molecular weight is 148 g/mol. The SMILES string of the molecule is [CH2]/C=C/C=C/Cc1ncco1. The van der Waals surface area contributed by atoms with Crippen LogP contribution in [0.2, 0.25) is 0 Å². The Morgan fingerprint density at radius 2 is 2.45 bits per heavy atom. The third-order valence-electron chi connectivity index (χ3n) is 1.16. The lowest BCUT2D eigenvalue weighted by molar-refractivity contribution is 0.509. The highest BCUT2D eigenvalue weighted by molar-refractivity contribution is 5.05. The van der Waals surface area contributed by atoms with Crippen LogP contribution in [0.3, 0.4) is 0 Å². The summed E-state index contributed by atoms with van der Waals surface area (Å²) in [6.07, 6.45) is 11.4. The number of nitrogens with zero attached hydrogens (tertiary/aromatic N) is 1. The molecular formula is C9H10NO. The third kappa shape index (κ3) is 2.85. The Morgan fingerprint density at radius 3 is 3.09 bits per heavy atom. The number of rotatable bonds is 3. The van der Waals surface area contributed by atoms with Crippen LogP contribution >= 0.6 is 0 Å². The van der Waals surface area contributed by atoms with E-state index in [0.717, 1.165) is 12.3 Å². The van der Waals surface area contributed by atoms with E-state index in [1.807, 2.05) is 18.2 Å². The lowest BCUT2D eigenvalue weighted by Crippen LogP contribution is -1.77. The van der Waals surface area contributed by atoms with Gasteiger partial charge in [-0.1, -0.05) is 24.3 Å². The van der Waals surface area contributed by atoms with Crippen LogP contribution in [0.15, 0.2) is 41.2 Å². The molecule has 1 aromatic rings. The van der Waals surface area contributed by atoms with Crippen molar-refractivity contribution >= 4 is 0 Å². The smallest absolute Gasteiger partial charge is 0.197 e. The van der Waals surface area contributed by atoms with E-state index < -0.39 is 0 Å². The second kappa shape index (κ2) is 4.50. The first-order valence-corrected chi connectivity index (χ1v) is 3.43. The molecule has 0 fully saturated rings. The van der Waals surface area contributed by atoms with Crippen molar-refractivity contribution in [1.29, 1.82) is 0 Å². The van der Waals surface area contributed by atoms with Crippen molar-refractivity contribution in [2.75, 3.05) is 0 Å². The highest BCUT2D eigenvalue weighted by atomic mass is 16.3. The lowest BCUT2D eigenvalue weighted by Gasteiger charge is -1.82. The molecule has 57 valence electrons. The van der Waals surface area contributed by atoms with E-state index in [0.29, 0.717) is 0 Å². The molecule has 1 rings (SSSR count). The summed E-state index contributed by atoms with van der Waals surface area (Å²) in [5.74, 6) is 0.735. The van der Waals surface area contributed by atoms with Crippen molar-refractivity contribution < 1.29 is 4.42 Å². The Balaban J connectivity index is 2.34. The van der Waals surface area contributed by atoms with Crippen molar-refractivity contribution in [2.24, 2.45) is 0 Å². The van der Waals surface area contributed by atoms with Gasteiger partial charge in [0.05, 0.1) is 6.20 Å². The van der Waals surface area contributed by atoms with Gasteiger partial charge in [0.25, 0.3) is 0 Å². The molecule has 0 bridgehead atoms. The topological polar surface area (TPSA) is 26.0 Å². The normalized spacial score (nSPS) is 11.7. The summed E-state index contributed by atoms with van der Waals surface area (Å²) in [6.45, 7) is 3.55. The van der Waals surface area contributed by atoms with Crippen LogP contribution in [0.4, 0.5) is 0 Å². The van der Waals surface area contributed by atoms with Crippen molar-refractivity contribution in [3.63, 3.8) is 0 Å². The molecule has 0 unspecified atom stereocenters. The Kier molecular flexibility index (Phi) is 3.19. The minimum absolute atomic E-state index is 0.733. The predicted molar refractivity (Wildman–Crippen MR) is 43.8 cm³/mol. The minimum Gasteiger partial charge on any atom is -0.449 e. The lowest BCUT2D eigenvalue weighted by atomic mass is 10.3. The molecule has 0 aliphatic heterocycles. The van der Waals surface area contributed by atoms with Crippen LogP contribution in [0, 0.1) is 6.92 Å². The van der Waals surface area contributed by atoms with E-state index in [2.05, 4.69) is 11.9 Å². The fraction of sp³-hybridized carbons (Fsp3) is 0.111. The zero-order chi connectivity index (χ0) is 7.94. The molecule has 2 heteroatoms. The maximum Gasteiger partial charge on any atom is 0.197 e. The molecule has 0 saturated heterocycles. The van der Waals surface area contributed by atoms with E-state index >= 15 is 0 Å². The predicted octanol–water partition coefficient (Wildman–Crippen LogP) is 2.16. The number of allylic oxidation sites excluding steroid dienone is 4. The molecule has 0 aliphatic carbocycles. The van der Waals surface area contributed by atoms with Crippen LogP contribution in [0.5, 0.6) is 0 Å². The number of hydrogen-bond acceptors (Lipinski definition) is 2. The molecule has 11 heavy (non-hydrogen) atoms. The largest absolute Gasteiger partial charge is 0.449 e. The Hall–Kier alpha value is -1.31. The van der Waals surface area contributed by atoms with Crippen molar-refractivity contribution in [2.45, 2.75) is 6.42 Å². The maximum absolute atomic E-state index is 5.01.